The summed E-state index contributed by atoms with van der Waals surface area (Å²) in [6.45, 7) is 4.66. The highest BCUT2D eigenvalue weighted by atomic mass is 15.0. The molecule has 0 amide bonds. The van der Waals surface area contributed by atoms with Crippen LogP contribution in [0, 0.1) is 11.3 Å². The molecular weight excluding hydrogens is 595 g/mol. The van der Waals surface area contributed by atoms with Crippen LogP contribution in [0.3, 0.4) is 0 Å². The van der Waals surface area contributed by atoms with E-state index in [1.807, 2.05) is 12.1 Å². The fourth-order valence-electron chi connectivity index (χ4n) is 8.41. The Labute approximate surface area is 284 Å². The first-order valence-corrected chi connectivity index (χ1v) is 16.8. The summed E-state index contributed by atoms with van der Waals surface area (Å²) in [5.74, 6) is 0. The number of nitrogens with zero attached hydrogens (tertiary/aromatic N) is 3. The van der Waals surface area contributed by atoms with Gasteiger partial charge in [-0.2, -0.15) is 5.26 Å². The zero-order valence-electron chi connectivity index (χ0n) is 27.3. The van der Waals surface area contributed by atoms with Crippen molar-refractivity contribution < 1.29 is 0 Å². The predicted molar refractivity (Wildman–Crippen MR) is 203 cm³/mol. The Morgan fingerprint density at radius 3 is 1.69 bits per heavy atom. The third-order valence-corrected chi connectivity index (χ3v) is 10.7. The van der Waals surface area contributed by atoms with E-state index in [0.717, 1.165) is 44.3 Å². The lowest BCUT2D eigenvalue weighted by Crippen LogP contribution is -2.14. The van der Waals surface area contributed by atoms with Gasteiger partial charge in [-0.05, 0) is 100 Å². The minimum atomic E-state index is -0.117. The molecule has 9 aromatic rings. The highest BCUT2D eigenvalue weighted by molar-refractivity contribution is 6.12. The molecule has 1 aliphatic carbocycles. The molecule has 3 nitrogen and oxygen atoms in total. The van der Waals surface area contributed by atoms with Gasteiger partial charge < -0.3 is 9.13 Å². The van der Waals surface area contributed by atoms with E-state index in [1.165, 1.54) is 44.1 Å². The van der Waals surface area contributed by atoms with Gasteiger partial charge in [-0.25, -0.2) is 0 Å². The van der Waals surface area contributed by atoms with Gasteiger partial charge in [0.2, 0.25) is 0 Å². The van der Waals surface area contributed by atoms with E-state index >= 15 is 0 Å². The summed E-state index contributed by atoms with van der Waals surface area (Å²) >= 11 is 0. The van der Waals surface area contributed by atoms with Gasteiger partial charge in [-0.1, -0.05) is 98.8 Å². The standard InChI is InChI=1S/C46H31N3/c1-46(2)40-18-6-3-15-34(40)37-26-39-38-23-29(28-47)21-22-44(38)49(45(39)27-41(37)46)33-14-10-12-31(25-33)30-11-9-13-32(24-30)48-42-19-7-4-16-35(42)36-17-5-8-20-43(36)48/h3-27H,1-2H3. The van der Waals surface area contributed by atoms with Crippen molar-refractivity contribution >= 4 is 43.6 Å². The molecule has 0 saturated carbocycles. The third-order valence-electron chi connectivity index (χ3n) is 10.7. The van der Waals surface area contributed by atoms with Crippen molar-refractivity contribution in [3.05, 3.63) is 168 Å². The molecular formula is C46H31N3. The van der Waals surface area contributed by atoms with Gasteiger partial charge in [0.1, 0.15) is 0 Å². The largest absolute Gasteiger partial charge is 0.309 e. The summed E-state index contributed by atoms with van der Waals surface area (Å²) in [6.07, 6.45) is 0. The van der Waals surface area contributed by atoms with E-state index in [-0.39, 0.29) is 5.41 Å². The quantitative estimate of drug-likeness (QED) is 0.192. The Kier molecular flexibility index (Phi) is 5.69. The summed E-state index contributed by atoms with van der Waals surface area (Å²) in [7, 11) is 0. The van der Waals surface area contributed by atoms with Gasteiger partial charge in [0.05, 0.1) is 33.7 Å². The van der Waals surface area contributed by atoms with Crippen molar-refractivity contribution in [3.8, 4) is 39.7 Å². The first-order chi connectivity index (χ1) is 24.0. The van der Waals surface area contributed by atoms with Gasteiger partial charge in [0.15, 0.2) is 0 Å². The van der Waals surface area contributed by atoms with Crippen LogP contribution in [-0.2, 0) is 5.41 Å². The summed E-state index contributed by atoms with van der Waals surface area (Å²) in [5, 5.41) is 14.6. The second kappa shape index (κ2) is 10.1. The summed E-state index contributed by atoms with van der Waals surface area (Å²) in [5.41, 5.74) is 15.0. The van der Waals surface area contributed by atoms with E-state index in [0.29, 0.717) is 5.56 Å². The SMILES string of the molecule is CC1(C)c2ccccc2-c2cc3c4cc(C#N)ccc4n(-c4cccc(-c5cccc(-n6c7ccccc7c7ccccc76)c5)c4)c3cc21. The molecule has 0 saturated heterocycles. The smallest absolute Gasteiger partial charge is 0.0991 e. The monoisotopic (exact) mass is 625 g/mol. The van der Waals surface area contributed by atoms with Crippen molar-refractivity contribution in [2.75, 3.05) is 0 Å². The average molecular weight is 626 g/mol. The van der Waals surface area contributed by atoms with Crippen molar-refractivity contribution in [3.63, 3.8) is 0 Å². The topological polar surface area (TPSA) is 33.6 Å². The lowest BCUT2D eigenvalue weighted by molar-refractivity contribution is 0.661. The fraction of sp³-hybridized carbons (Fsp3) is 0.0652. The molecule has 0 bridgehead atoms. The van der Waals surface area contributed by atoms with Crippen molar-refractivity contribution in [2.24, 2.45) is 0 Å². The molecule has 2 heterocycles. The maximum atomic E-state index is 9.86. The molecule has 2 aromatic heterocycles. The summed E-state index contributed by atoms with van der Waals surface area (Å²) < 4.78 is 4.75. The second-order valence-electron chi connectivity index (χ2n) is 13.7. The Morgan fingerprint density at radius 2 is 1.02 bits per heavy atom. The Hall–Kier alpha value is -6.37. The van der Waals surface area contributed by atoms with Gasteiger partial charge in [-0.3, -0.25) is 0 Å². The molecule has 10 rings (SSSR count). The van der Waals surface area contributed by atoms with Gasteiger partial charge in [0.25, 0.3) is 0 Å². The van der Waals surface area contributed by atoms with Crippen LogP contribution >= 0.6 is 0 Å². The molecule has 3 heteroatoms. The van der Waals surface area contributed by atoms with Crippen LogP contribution in [0.2, 0.25) is 0 Å². The third kappa shape index (κ3) is 3.89. The number of rotatable bonds is 3. The number of fused-ring (bicyclic) bond motifs is 9. The highest BCUT2D eigenvalue weighted by Gasteiger charge is 2.36. The number of hydrogen-bond donors (Lipinski definition) is 0. The number of aromatic nitrogens is 2. The van der Waals surface area contributed by atoms with Gasteiger partial charge in [-0.15, -0.1) is 0 Å². The van der Waals surface area contributed by atoms with E-state index in [2.05, 4.69) is 169 Å². The van der Waals surface area contributed by atoms with Gasteiger partial charge in [0, 0.05) is 38.3 Å². The number of benzene rings is 7. The lowest BCUT2D eigenvalue weighted by Gasteiger charge is -2.21. The first-order valence-electron chi connectivity index (χ1n) is 16.8. The molecule has 1 aliphatic rings. The number of nitriles is 1. The van der Waals surface area contributed by atoms with Crippen molar-refractivity contribution in [2.45, 2.75) is 19.3 Å². The van der Waals surface area contributed by atoms with E-state index < -0.39 is 0 Å². The first kappa shape index (κ1) is 27.7. The van der Waals surface area contributed by atoms with Crippen LogP contribution in [0.4, 0.5) is 0 Å². The number of para-hydroxylation sites is 2. The molecule has 0 spiro atoms. The van der Waals surface area contributed by atoms with Crippen LogP contribution in [0.1, 0.15) is 30.5 Å². The van der Waals surface area contributed by atoms with Crippen LogP contribution in [0.25, 0.3) is 77.2 Å². The lowest BCUT2D eigenvalue weighted by atomic mass is 9.82. The molecule has 0 unspecified atom stereocenters. The Bertz CT molecular complexity index is 2820. The zero-order chi connectivity index (χ0) is 32.9. The molecule has 0 atom stereocenters. The summed E-state index contributed by atoms with van der Waals surface area (Å²) in [6, 6.07) is 57.0. The minimum absolute atomic E-state index is 0.117. The highest BCUT2D eigenvalue weighted by Crippen LogP contribution is 2.51. The van der Waals surface area contributed by atoms with E-state index in [1.54, 1.807) is 0 Å². The fourth-order valence-corrected chi connectivity index (χ4v) is 8.41. The molecule has 0 radical (unpaired) electrons. The molecule has 230 valence electrons. The maximum absolute atomic E-state index is 9.86. The molecule has 0 fully saturated rings. The van der Waals surface area contributed by atoms with Crippen LogP contribution < -0.4 is 0 Å². The molecule has 0 aliphatic heterocycles. The summed E-state index contributed by atoms with van der Waals surface area (Å²) in [4.78, 5) is 0. The van der Waals surface area contributed by atoms with Crippen molar-refractivity contribution in [1.29, 1.82) is 5.26 Å². The number of hydrogen-bond acceptors (Lipinski definition) is 1. The second-order valence-corrected chi connectivity index (χ2v) is 13.7. The molecule has 49 heavy (non-hydrogen) atoms. The van der Waals surface area contributed by atoms with E-state index in [9.17, 15) is 5.26 Å². The average Bonchev–Trinajstić information content (AvgIpc) is 3.74. The maximum Gasteiger partial charge on any atom is 0.0991 e. The van der Waals surface area contributed by atoms with Crippen LogP contribution in [0.5, 0.6) is 0 Å². The Balaban J connectivity index is 1.18. The van der Waals surface area contributed by atoms with Crippen LogP contribution in [-0.4, -0.2) is 9.13 Å². The normalized spacial score (nSPS) is 13.2. The molecule has 0 N–H and O–H groups in total. The van der Waals surface area contributed by atoms with E-state index in [4.69, 9.17) is 0 Å². The molecule has 7 aromatic carbocycles. The van der Waals surface area contributed by atoms with Crippen molar-refractivity contribution in [1.82, 2.24) is 9.13 Å². The Morgan fingerprint density at radius 1 is 0.449 bits per heavy atom. The zero-order valence-corrected chi connectivity index (χ0v) is 27.3. The predicted octanol–water partition coefficient (Wildman–Crippen LogP) is 11.7. The van der Waals surface area contributed by atoms with Crippen LogP contribution in [0.15, 0.2) is 152 Å². The van der Waals surface area contributed by atoms with Gasteiger partial charge >= 0.3 is 0 Å². The minimum Gasteiger partial charge on any atom is -0.309 e.